The van der Waals surface area contributed by atoms with Crippen molar-refractivity contribution in [1.29, 1.82) is 0 Å². The van der Waals surface area contributed by atoms with Gasteiger partial charge in [-0.3, -0.25) is 4.79 Å². The SMILES string of the molecule is CC(=O)C[C@H](c1ccc(F)cc1)c1c(O)c2ccccc2oc1=O. The summed E-state index contributed by atoms with van der Waals surface area (Å²) in [6.07, 6.45) is 0.00227. The third-order valence-corrected chi connectivity index (χ3v) is 3.93. The first-order valence-electron chi connectivity index (χ1n) is 7.47. The second kappa shape index (κ2) is 6.28. The second-order valence-corrected chi connectivity index (χ2v) is 5.66. The van der Waals surface area contributed by atoms with Gasteiger partial charge in [0.15, 0.2) is 0 Å². The monoisotopic (exact) mass is 326 g/mol. The molecule has 122 valence electrons. The number of rotatable bonds is 4. The molecule has 1 atom stereocenters. The maximum Gasteiger partial charge on any atom is 0.343 e. The van der Waals surface area contributed by atoms with Crippen LogP contribution in [0.1, 0.15) is 30.4 Å². The van der Waals surface area contributed by atoms with Crippen LogP contribution in [0.5, 0.6) is 5.75 Å². The van der Waals surface area contributed by atoms with Crippen LogP contribution >= 0.6 is 0 Å². The lowest BCUT2D eigenvalue weighted by molar-refractivity contribution is -0.117. The molecule has 4 nitrogen and oxygen atoms in total. The number of para-hydroxylation sites is 1. The van der Waals surface area contributed by atoms with Crippen LogP contribution in [0.4, 0.5) is 4.39 Å². The van der Waals surface area contributed by atoms with Crippen LogP contribution < -0.4 is 5.63 Å². The Labute approximate surface area is 137 Å². The quantitative estimate of drug-likeness (QED) is 0.742. The smallest absolute Gasteiger partial charge is 0.343 e. The summed E-state index contributed by atoms with van der Waals surface area (Å²) < 4.78 is 18.5. The molecule has 1 N–H and O–H groups in total. The van der Waals surface area contributed by atoms with Gasteiger partial charge in [0.1, 0.15) is 22.9 Å². The van der Waals surface area contributed by atoms with E-state index in [0.29, 0.717) is 10.9 Å². The van der Waals surface area contributed by atoms with E-state index >= 15 is 0 Å². The molecule has 0 saturated heterocycles. The maximum absolute atomic E-state index is 13.2. The summed E-state index contributed by atoms with van der Waals surface area (Å²) in [4.78, 5) is 24.1. The number of hydrogen-bond donors (Lipinski definition) is 1. The first kappa shape index (κ1) is 15.9. The fourth-order valence-corrected chi connectivity index (χ4v) is 2.82. The van der Waals surface area contributed by atoms with Crippen LogP contribution in [0.2, 0.25) is 0 Å². The van der Waals surface area contributed by atoms with E-state index in [1.807, 2.05) is 0 Å². The minimum Gasteiger partial charge on any atom is -0.507 e. The fourth-order valence-electron chi connectivity index (χ4n) is 2.82. The molecule has 1 heterocycles. The van der Waals surface area contributed by atoms with Crippen molar-refractivity contribution in [2.24, 2.45) is 0 Å². The maximum atomic E-state index is 13.2. The molecule has 0 spiro atoms. The van der Waals surface area contributed by atoms with Crippen LogP contribution in [0.3, 0.4) is 0 Å². The van der Waals surface area contributed by atoms with Gasteiger partial charge < -0.3 is 9.52 Å². The summed E-state index contributed by atoms with van der Waals surface area (Å²) in [5, 5.41) is 11.0. The van der Waals surface area contributed by atoms with E-state index in [0.717, 1.165) is 0 Å². The van der Waals surface area contributed by atoms with Gasteiger partial charge in [0.05, 0.1) is 10.9 Å². The zero-order valence-corrected chi connectivity index (χ0v) is 13.0. The highest BCUT2D eigenvalue weighted by molar-refractivity contribution is 5.85. The Balaban J connectivity index is 2.24. The predicted molar refractivity (Wildman–Crippen MR) is 87.7 cm³/mol. The van der Waals surface area contributed by atoms with Gasteiger partial charge >= 0.3 is 5.63 Å². The lowest BCUT2D eigenvalue weighted by atomic mass is 9.87. The highest BCUT2D eigenvalue weighted by Gasteiger charge is 2.25. The molecule has 0 aliphatic heterocycles. The average Bonchev–Trinajstić information content (AvgIpc) is 2.54. The van der Waals surface area contributed by atoms with Gasteiger partial charge in [0, 0.05) is 12.3 Å². The number of aromatic hydroxyl groups is 1. The number of Topliss-reactive ketones (excluding diaryl/α,β-unsaturated/α-hetero) is 1. The standard InChI is InChI=1S/C19H15FO4/c1-11(21)10-15(12-6-8-13(20)9-7-12)17-18(22)14-4-2-3-5-16(14)24-19(17)23/h2-9,15,22H,10H2,1H3/t15-/m1/s1. The van der Waals surface area contributed by atoms with Gasteiger partial charge in [-0.1, -0.05) is 24.3 Å². The van der Waals surface area contributed by atoms with Gasteiger partial charge in [-0.15, -0.1) is 0 Å². The summed E-state index contributed by atoms with van der Waals surface area (Å²) in [6, 6.07) is 12.1. The highest BCUT2D eigenvalue weighted by atomic mass is 19.1. The second-order valence-electron chi connectivity index (χ2n) is 5.66. The minimum absolute atomic E-state index is 0.00227. The van der Waals surface area contributed by atoms with Gasteiger partial charge in [-0.25, -0.2) is 9.18 Å². The van der Waals surface area contributed by atoms with Crippen molar-refractivity contribution >= 4 is 16.8 Å². The van der Waals surface area contributed by atoms with Crippen LogP contribution in [-0.2, 0) is 4.79 Å². The van der Waals surface area contributed by atoms with E-state index in [4.69, 9.17) is 4.42 Å². The van der Waals surface area contributed by atoms with Crippen molar-refractivity contribution in [3.8, 4) is 5.75 Å². The Hall–Kier alpha value is -2.95. The number of halogens is 1. The molecule has 3 rings (SSSR count). The molecule has 0 amide bonds. The summed E-state index contributed by atoms with van der Waals surface area (Å²) >= 11 is 0. The van der Waals surface area contributed by atoms with E-state index in [-0.39, 0.29) is 29.1 Å². The van der Waals surface area contributed by atoms with Crippen molar-refractivity contribution in [3.05, 3.63) is 75.9 Å². The first-order valence-corrected chi connectivity index (χ1v) is 7.47. The number of benzene rings is 2. The van der Waals surface area contributed by atoms with Crippen LogP contribution in [0, 0.1) is 5.82 Å². The Morgan fingerprint density at radius 2 is 1.83 bits per heavy atom. The van der Waals surface area contributed by atoms with Gasteiger partial charge in [-0.2, -0.15) is 0 Å². The topological polar surface area (TPSA) is 67.5 Å². The predicted octanol–water partition coefficient (Wildman–Crippen LogP) is 3.75. The third-order valence-electron chi connectivity index (χ3n) is 3.93. The molecule has 0 saturated carbocycles. The zero-order chi connectivity index (χ0) is 17.3. The lowest BCUT2D eigenvalue weighted by Crippen LogP contribution is -2.16. The molecule has 0 aliphatic carbocycles. The molecule has 0 aliphatic rings. The van der Waals surface area contributed by atoms with E-state index in [1.165, 1.54) is 31.2 Å². The largest absolute Gasteiger partial charge is 0.507 e. The summed E-state index contributed by atoms with van der Waals surface area (Å²) in [5.74, 6) is -1.49. The number of ketones is 1. The van der Waals surface area contributed by atoms with Crippen LogP contribution in [0.15, 0.2) is 57.7 Å². The number of carbonyl (C=O) groups is 1. The van der Waals surface area contributed by atoms with E-state index in [9.17, 15) is 19.1 Å². The molecule has 0 radical (unpaired) electrons. The Kier molecular flexibility index (Phi) is 4.16. The molecular weight excluding hydrogens is 311 g/mol. The molecule has 0 unspecified atom stereocenters. The van der Waals surface area contributed by atoms with Crippen molar-refractivity contribution < 1.29 is 18.7 Å². The van der Waals surface area contributed by atoms with E-state index < -0.39 is 17.4 Å². The highest BCUT2D eigenvalue weighted by Crippen LogP contribution is 2.36. The molecule has 2 aromatic carbocycles. The van der Waals surface area contributed by atoms with Gasteiger partial charge in [0.2, 0.25) is 0 Å². The molecule has 24 heavy (non-hydrogen) atoms. The van der Waals surface area contributed by atoms with Crippen molar-refractivity contribution in [3.63, 3.8) is 0 Å². The Bertz CT molecular complexity index is 957. The number of hydrogen-bond acceptors (Lipinski definition) is 4. The van der Waals surface area contributed by atoms with E-state index in [2.05, 4.69) is 0 Å². The van der Waals surface area contributed by atoms with Crippen LogP contribution in [0.25, 0.3) is 11.0 Å². The molecule has 5 heteroatoms. The van der Waals surface area contributed by atoms with Crippen molar-refractivity contribution in [1.82, 2.24) is 0 Å². The molecular formula is C19H15FO4. The molecule has 0 bridgehead atoms. The summed E-state index contributed by atoms with van der Waals surface area (Å²) in [6.45, 7) is 1.40. The van der Waals surface area contributed by atoms with Crippen LogP contribution in [-0.4, -0.2) is 10.9 Å². The average molecular weight is 326 g/mol. The minimum atomic E-state index is -0.707. The normalized spacial score (nSPS) is 12.2. The molecule has 3 aromatic rings. The van der Waals surface area contributed by atoms with Gasteiger partial charge in [0.25, 0.3) is 0 Å². The Morgan fingerprint density at radius 3 is 2.50 bits per heavy atom. The molecule has 1 aromatic heterocycles. The Morgan fingerprint density at radius 1 is 1.17 bits per heavy atom. The molecule has 0 fully saturated rings. The van der Waals surface area contributed by atoms with Crippen molar-refractivity contribution in [2.45, 2.75) is 19.3 Å². The first-order chi connectivity index (χ1) is 11.5. The lowest BCUT2D eigenvalue weighted by Gasteiger charge is -2.17. The summed E-state index contributed by atoms with van der Waals surface area (Å²) in [7, 11) is 0. The van der Waals surface area contributed by atoms with E-state index in [1.54, 1.807) is 24.3 Å². The fraction of sp³-hybridized carbons (Fsp3) is 0.158. The number of fused-ring (bicyclic) bond motifs is 1. The van der Waals surface area contributed by atoms with Gasteiger partial charge in [-0.05, 0) is 36.8 Å². The summed E-state index contributed by atoms with van der Waals surface area (Å²) in [5.41, 5.74) is 0.131. The van der Waals surface area contributed by atoms with Crippen molar-refractivity contribution in [2.75, 3.05) is 0 Å². The third kappa shape index (κ3) is 2.93. The zero-order valence-electron chi connectivity index (χ0n) is 13.0. The number of carbonyl (C=O) groups excluding carboxylic acids is 1.